The van der Waals surface area contributed by atoms with Crippen LogP contribution in [0.3, 0.4) is 0 Å². The Balaban J connectivity index is 2.45. The molecule has 104 valence electrons. The molecule has 0 aromatic heterocycles. The maximum Gasteiger partial charge on any atom is 0.314 e. The summed E-state index contributed by atoms with van der Waals surface area (Å²) in [5.74, 6) is -1.26. The van der Waals surface area contributed by atoms with Gasteiger partial charge in [0.2, 0.25) is 5.75 Å². The number of hydrogen-bond acceptors (Lipinski definition) is 3. The fourth-order valence-electron chi connectivity index (χ4n) is 1.60. The molecular weight excluding hydrogens is 336 g/mol. The lowest BCUT2D eigenvalue weighted by molar-refractivity contribution is -0.385. The van der Waals surface area contributed by atoms with Crippen molar-refractivity contribution in [2.24, 2.45) is 0 Å². The number of hydrogen-bond donors (Lipinski definition) is 0. The Bertz CT molecular complexity index is 664. The first-order valence-electron chi connectivity index (χ1n) is 5.48. The highest BCUT2D eigenvalue weighted by Gasteiger charge is 2.18. The minimum Gasteiger partial charge on any atom is -0.450 e. The van der Waals surface area contributed by atoms with Crippen LogP contribution in [0.4, 0.5) is 14.5 Å². The van der Waals surface area contributed by atoms with Crippen LogP contribution in [0.15, 0.2) is 36.4 Å². The van der Waals surface area contributed by atoms with Crippen LogP contribution in [0.1, 0.15) is 5.56 Å². The predicted molar refractivity (Wildman–Crippen MR) is 72.2 cm³/mol. The Kier molecular flexibility index (Phi) is 4.29. The first-order valence-corrected chi connectivity index (χ1v) is 6.60. The molecule has 20 heavy (non-hydrogen) atoms. The Hall–Kier alpha value is -2.02. The van der Waals surface area contributed by atoms with E-state index < -0.39 is 22.2 Å². The van der Waals surface area contributed by atoms with E-state index in [0.717, 1.165) is 18.2 Å². The summed E-state index contributed by atoms with van der Waals surface area (Å²) in [5.41, 5.74) is -0.291. The highest BCUT2D eigenvalue weighted by atomic mass is 79.9. The van der Waals surface area contributed by atoms with E-state index in [9.17, 15) is 18.9 Å². The van der Waals surface area contributed by atoms with Crippen LogP contribution < -0.4 is 4.74 Å². The summed E-state index contributed by atoms with van der Waals surface area (Å²) in [6.07, 6.45) is 0. The third kappa shape index (κ3) is 2.93. The van der Waals surface area contributed by atoms with Crippen LogP contribution in [0.2, 0.25) is 0 Å². The van der Waals surface area contributed by atoms with Crippen molar-refractivity contribution in [3.05, 3.63) is 63.7 Å². The molecule has 0 bridgehead atoms. The number of nitro benzene ring substituents is 1. The van der Waals surface area contributed by atoms with Gasteiger partial charge < -0.3 is 4.74 Å². The van der Waals surface area contributed by atoms with Crippen LogP contribution in [-0.4, -0.2) is 4.92 Å². The van der Waals surface area contributed by atoms with E-state index in [-0.39, 0.29) is 22.4 Å². The Morgan fingerprint density at radius 1 is 1.20 bits per heavy atom. The van der Waals surface area contributed by atoms with Gasteiger partial charge in [-0.3, -0.25) is 10.1 Å². The van der Waals surface area contributed by atoms with Crippen molar-refractivity contribution in [1.82, 2.24) is 0 Å². The van der Waals surface area contributed by atoms with E-state index in [2.05, 4.69) is 15.9 Å². The molecule has 0 saturated heterocycles. The van der Waals surface area contributed by atoms with Gasteiger partial charge in [-0.25, -0.2) is 8.78 Å². The molecule has 0 saturated carbocycles. The molecule has 0 aliphatic heterocycles. The summed E-state index contributed by atoms with van der Waals surface area (Å²) in [6.45, 7) is 0. The number of alkyl halides is 1. The summed E-state index contributed by atoms with van der Waals surface area (Å²) < 4.78 is 32.0. The molecule has 4 nitrogen and oxygen atoms in total. The second-order valence-corrected chi connectivity index (χ2v) is 4.38. The molecule has 0 heterocycles. The van der Waals surface area contributed by atoms with Gasteiger partial charge in [0.1, 0.15) is 17.4 Å². The van der Waals surface area contributed by atoms with E-state index in [0.29, 0.717) is 0 Å². The van der Waals surface area contributed by atoms with Crippen molar-refractivity contribution in [2.75, 3.05) is 0 Å². The molecule has 0 radical (unpaired) electrons. The minimum absolute atomic E-state index is 0.136. The SMILES string of the molecule is O=[N+]([O-])c1cc(F)ccc1Oc1cccc(F)c1CBr. The molecule has 0 N–H and O–H groups in total. The van der Waals surface area contributed by atoms with Crippen molar-refractivity contribution in [3.63, 3.8) is 0 Å². The van der Waals surface area contributed by atoms with Gasteiger partial charge in [0.15, 0.2) is 0 Å². The Morgan fingerprint density at radius 2 is 1.95 bits per heavy atom. The van der Waals surface area contributed by atoms with E-state index >= 15 is 0 Å². The number of halogens is 3. The third-order valence-electron chi connectivity index (χ3n) is 2.55. The standard InChI is InChI=1S/C13H8BrF2NO3/c14-7-9-10(16)2-1-3-12(9)20-13-5-4-8(15)6-11(13)17(18)19/h1-6H,7H2. The summed E-state index contributed by atoms with van der Waals surface area (Å²) in [4.78, 5) is 10.1. The van der Waals surface area contributed by atoms with Crippen molar-refractivity contribution < 1.29 is 18.4 Å². The number of nitrogens with zero attached hydrogens (tertiary/aromatic N) is 1. The van der Waals surface area contributed by atoms with Gasteiger partial charge in [0, 0.05) is 10.9 Å². The smallest absolute Gasteiger partial charge is 0.314 e. The fraction of sp³-hybridized carbons (Fsp3) is 0.0769. The lowest BCUT2D eigenvalue weighted by atomic mass is 10.2. The number of ether oxygens (including phenoxy) is 1. The molecule has 0 unspecified atom stereocenters. The zero-order valence-corrected chi connectivity index (χ0v) is 11.6. The normalized spacial score (nSPS) is 10.3. The molecule has 2 rings (SSSR count). The van der Waals surface area contributed by atoms with Crippen LogP contribution >= 0.6 is 15.9 Å². The molecule has 0 spiro atoms. The fourth-order valence-corrected chi connectivity index (χ4v) is 2.15. The van der Waals surface area contributed by atoms with Gasteiger partial charge in [0.25, 0.3) is 0 Å². The number of rotatable bonds is 4. The van der Waals surface area contributed by atoms with Gasteiger partial charge in [0.05, 0.1) is 11.0 Å². The molecule has 0 amide bonds. The maximum absolute atomic E-state index is 13.6. The minimum atomic E-state index is -0.758. The molecule has 7 heteroatoms. The molecule has 2 aromatic carbocycles. The third-order valence-corrected chi connectivity index (χ3v) is 3.11. The summed E-state index contributed by atoms with van der Waals surface area (Å²) >= 11 is 3.12. The lowest BCUT2D eigenvalue weighted by Crippen LogP contribution is -1.97. The van der Waals surface area contributed by atoms with Gasteiger partial charge >= 0.3 is 5.69 Å². The van der Waals surface area contributed by atoms with Gasteiger partial charge in [-0.2, -0.15) is 0 Å². The van der Waals surface area contributed by atoms with E-state index in [1.807, 2.05) is 0 Å². The van der Waals surface area contributed by atoms with E-state index in [1.54, 1.807) is 0 Å². The quantitative estimate of drug-likeness (QED) is 0.464. The molecule has 2 aromatic rings. The summed E-state index contributed by atoms with van der Waals surface area (Å²) in [5, 5.41) is 11.0. The second kappa shape index (κ2) is 5.96. The first-order chi connectivity index (χ1) is 9.52. The highest BCUT2D eigenvalue weighted by molar-refractivity contribution is 9.08. The monoisotopic (exact) mass is 343 g/mol. The Morgan fingerprint density at radius 3 is 2.60 bits per heavy atom. The van der Waals surface area contributed by atoms with Crippen molar-refractivity contribution in [1.29, 1.82) is 0 Å². The average Bonchev–Trinajstić information content (AvgIpc) is 2.41. The van der Waals surface area contributed by atoms with Crippen molar-refractivity contribution in [3.8, 4) is 11.5 Å². The number of benzene rings is 2. The molecule has 0 fully saturated rings. The van der Waals surface area contributed by atoms with E-state index in [1.165, 1.54) is 18.2 Å². The lowest BCUT2D eigenvalue weighted by Gasteiger charge is -2.10. The van der Waals surface area contributed by atoms with Crippen LogP contribution in [0.25, 0.3) is 0 Å². The maximum atomic E-state index is 13.6. The molecule has 0 aliphatic rings. The topological polar surface area (TPSA) is 52.4 Å². The largest absolute Gasteiger partial charge is 0.450 e. The van der Waals surface area contributed by atoms with Crippen molar-refractivity contribution in [2.45, 2.75) is 5.33 Å². The van der Waals surface area contributed by atoms with Gasteiger partial charge in [-0.05, 0) is 24.3 Å². The van der Waals surface area contributed by atoms with Gasteiger partial charge in [-0.15, -0.1) is 0 Å². The number of nitro groups is 1. The van der Waals surface area contributed by atoms with Gasteiger partial charge in [-0.1, -0.05) is 22.0 Å². The zero-order valence-electron chi connectivity index (χ0n) is 9.98. The van der Waals surface area contributed by atoms with Crippen LogP contribution in [0, 0.1) is 21.7 Å². The molecule has 0 atom stereocenters. The summed E-state index contributed by atoms with van der Waals surface area (Å²) in [6, 6.07) is 7.08. The first kappa shape index (κ1) is 14.4. The Labute approximate surface area is 121 Å². The molecular formula is C13H8BrF2NO3. The average molecular weight is 344 g/mol. The zero-order chi connectivity index (χ0) is 14.7. The van der Waals surface area contributed by atoms with Crippen LogP contribution in [0.5, 0.6) is 11.5 Å². The second-order valence-electron chi connectivity index (χ2n) is 3.82. The van der Waals surface area contributed by atoms with E-state index in [4.69, 9.17) is 4.74 Å². The van der Waals surface area contributed by atoms with Crippen LogP contribution in [-0.2, 0) is 5.33 Å². The predicted octanol–water partition coefficient (Wildman–Crippen LogP) is 4.56. The van der Waals surface area contributed by atoms with Crippen molar-refractivity contribution >= 4 is 21.6 Å². The highest BCUT2D eigenvalue weighted by Crippen LogP contribution is 2.34. The molecule has 0 aliphatic carbocycles. The summed E-state index contributed by atoms with van der Waals surface area (Å²) in [7, 11) is 0.